The van der Waals surface area contributed by atoms with Gasteiger partial charge in [0.1, 0.15) is 6.54 Å². The fraction of sp³-hybridized carbons (Fsp3) is 0.421. The van der Waals surface area contributed by atoms with Crippen molar-refractivity contribution < 1.29 is 23.9 Å². The van der Waals surface area contributed by atoms with E-state index in [1.807, 2.05) is 6.92 Å². The topological polar surface area (TPSA) is 76.2 Å². The van der Waals surface area contributed by atoms with E-state index in [1.54, 1.807) is 23.1 Å². The van der Waals surface area contributed by atoms with Crippen LogP contribution < -0.4 is 9.47 Å². The van der Waals surface area contributed by atoms with Crippen LogP contribution in [-0.2, 0) is 9.59 Å². The van der Waals surface area contributed by atoms with E-state index in [0.717, 1.165) is 29.5 Å². The number of benzene rings is 1. The molecule has 2 fully saturated rings. The quantitative estimate of drug-likeness (QED) is 0.651. The molecule has 150 valence electrons. The SMILES string of the molecule is CCOc1c(Cl)cc(/C=C2\SC(=O)N(CC(=O)N3CCCC3)C2=O)cc1OC. The van der Waals surface area contributed by atoms with E-state index in [2.05, 4.69) is 0 Å². The lowest BCUT2D eigenvalue weighted by atomic mass is 10.1. The molecule has 0 radical (unpaired) electrons. The first-order chi connectivity index (χ1) is 13.4. The molecule has 0 spiro atoms. The summed E-state index contributed by atoms with van der Waals surface area (Å²) in [6.07, 6.45) is 3.47. The van der Waals surface area contributed by atoms with Crippen molar-refractivity contribution in [1.29, 1.82) is 0 Å². The van der Waals surface area contributed by atoms with Gasteiger partial charge in [-0.25, -0.2) is 0 Å². The summed E-state index contributed by atoms with van der Waals surface area (Å²) in [5.41, 5.74) is 0.599. The average Bonchev–Trinajstić information content (AvgIpc) is 3.29. The van der Waals surface area contributed by atoms with Gasteiger partial charge in [-0.05, 0) is 55.3 Å². The second kappa shape index (κ2) is 8.87. The van der Waals surface area contributed by atoms with Crippen molar-refractivity contribution >= 4 is 46.5 Å². The first-order valence-corrected chi connectivity index (χ1v) is 10.2. The molecule has 0 saturated carbocycles. The van der Waals surface area contributed by atoms with E-state index < -0.39 is 11.1 Å². The molecule has 0 unspecified atom stereocenters. The standard InChI is InChI=1S/C19H21ClN2O5S/c1-3-27-17-13(20)8-12(9-14(17)26-2)10-15-18(24)22(19(25)28-15)11-16(23)21-6-4-5-7-21/h8-10H,3-7,11H2,1-2H3/b15-10-. The number of hydrogen-bond donors (Lipinski definition) is 0. The lowest BCUT2D eigenvalue weighted by molar-refractivity contribution is -0.135. The minimum atomic E-state index is -0.480. The number of likely N-dealkylation sites (tertiary alicyclic amines) is 1. The van der Waals surface area contributed by atoms with Crippen molar-refractivity contribution in [3.63, 3.8) is 0 Å². The number of ether oxygens (including phenoxy) is 2. The fourth-order valence-electron chi connectivity index (χ4n) is 3.10. The van der Waals surface area contributed by atoms with Gasteiger partial charge in [-0.15, -0.1) is 0 Å². The molecule has 7 nitrogen and oxygen atoms in total. The van der Waals surface area contributed by atoms with E-state index in [0.29, 0.717) is 41.8 Å². The summed E-state index contributed by atoms with van der Waals surface area (Å²) in [6.45, 7) is 3.39. The van der Waals surface area contributed by atoms with Crippen LogP contribution in [0.2, 0.25) is 5.02 Å². The Morgan fingerprint density at radius 3 is 2.64 bits per heavy atom. The van der Waals surface area contributed by atoms with Gasteiger partial charge in [-0.3, -0.25) is 19.3 Å². The Labute approximate surface area is 172 Å². The summed E-state index contributed by atoms with van der Waals surface area (Å²) in [5, 5.41) is -0.108. The normalized spacial score (nSPS) is 18.3. The highest BCUT2D eigenvalue weighted by Gasteiger charge is 2.37. The molecule has 0 aromatic heterocycles. The number of hydrogen-bond acceptors (Lipinski definition) is 6. The van der Waals surface area contributed by atoms with Crippen LogP contribution in [0.15, 0.2) is 17.0 Å². The first kappa shape index (κ1) is 20.5. The Morgan fingerprint density at radius 2 is 2.00 bits per heavy atom. The highest BCUT2D eigenvalue weighted by atomic mass is 35.5. The zero-order chi connectivity index (χ0) is 20.3. The van der Waals surface area contributed by atoms with Crippen molar-refractivity contribution in [1.82, 2.24) is 9.80 Å². The van der Waals surface area contributed by atoms with Crippen molar-refractivity contribution in [3.05, 3.63) is 27.6 Å². The number of amides is 3. The third-order valence-electron chi connectivity index (χ3n) is 4.46. The van der Waals surface area contributed by atoms with Crippen LogP contribution in [0, 0.1) is 0 Å². The molecule has 0 N–H and O–H groups in total. The molecule has 0 bridgehead atoms. The second-order valence-electron chi connectivity index (χ2n) is 6.32. The second-order valence-corrected chi connectivity index (χ2v) is 7.72. The van der Waals surface area contributed by atoms with Crippen LogP contribution in [0.25, 0.3) is 6.08 Å². The molecule has 0 atom stereocenters. The Hall–Kier alpha value is -2.19. The van der Waals surface area contributed by atoms with E-state index in [-0.39, 0.29) is 17.4 Å². The van der Waals surface area contributed by atoms with Crippen LogP contribution in [-0.4, -0.2) is 60.2 Å². The van der Waals surface area contributed by atoms with Gasteiger partial charge >= 0.3 is 0 Å². The summed E-state index contributed by atoms with van der Waals surface area (Å²) in [6, 6.07) is 3.32. The lowest BCUT2D eigenvalue weighted by Crippen LogP contribution is -2.40. The van der Waals surface area contributed by atoms with Crippen LogP contribution in [0.1, 0.15) is 25.3 Å². The zero-order valence-corrected chi connectivity index (χ0v) is 17.3. The van der Waals surface area contributed by atoms with E-state index >= 15 is 0 Å². The molecule has 3 amide bonds. The minimum Gasteiger partial charge on any atom is -0.493 e. The summed E-state index contributed by atoms with van der Waals surface area (Å²) in [7, 11) is 1.50. The van der Waals surface area contributed by atoms with Gasteiger partial charge in [0.2, 0.25) is 5.91 Å². The molecule has 2 saturated heterocycles. The average molecular weight is 425 g/mol. The zero-order valence-electron chi connectivity index (χ0n) is 15.7. The molecule has 3 rings (SSSR count). The smallest absolute Gasteiger partial charge is 0.294 e. The lowest BCUT2D eigenvalue weighted by Gasteiger charge is -2.18. The van der Waals surface area contributed by atoms with E-state index in [9.17, 15) is 14.4 Å². The van der Waals surface area contributed by atoms with Gasteiger partial charge in [0, 0.05) is 13.1 Å². The third-order valence-corrected chi connectivity index (χ3v) is 5.65. The maximum absolute atomic E-state index is 12.6. The fourth-order valence-corrected chi connectivity index (χ4v) is 4.21. The molecule has 0 aliphatic carbocycles. The highest BCUT2D eigenvalue weighted by Crippen LogP contribution is 2.39. The van der Waals surface area contributed by atoms with Gasteiger partial charge in [0.15, 0.2) is 11.5 Å². The van der Waals surface area contributed by atoms with Gasteiger partial charge in [0.05, 0.1) is 23.6 Å². The third kappa shape index (κ3) is 4.28. The van der Waals surface area contributed by atoms with Crippen molar-refractivity contribution in [2.75, 3.05) is 33.4 Å². The molecule has 9 heteroatoms. The Morgan fingerprint density at radius 1 is 1.29 bits per heavy atom. The predicted octanol–water partition coefficient (Wildman–Crippen LogP) is 3.41. The van der Waals surface area contributed by atoms with Crippen molar-refractivity contribution in [2.45, 2.75) is 19.8 Å². The number of nitrogens with zero attached hydrogens (tertiary/aromatic N) is 2. The monoisotopic (exact) mass is 424 g/mol. The summed E-state index contributed by atoms with van der Waals surface area (Å²) in [4.78, 5) is 40.1. The van der Waals surface area contributed by atoms with Crippen molar-refractivity contribution in [2.24, 2.45) is 0 Å². The number of carbonyl (C=O) groups is 3. The molecule has 1 aromatic rings. The van der Waals surface area contributed by atoms with Crippen LogP contribution in [0.4, 0.5) is 4.79 Å². The van der Waals surface area contributed by atoms with Crippen LogP contribution >= 0.6 is 23.4 Å². The number of imide groups is 1. The molecule has 2 heterocycles. The number of methoxy groups -OCH3 is 1. The van der Waals surface area contributed by atoms with Gasteiger partial charge in [-0.2, -0.15) is 0 Å². The first-order valence-electron chi connectivity index (χ1n) is 8.98. The largest absolute Gasteiger partial charge is 0.493 e. The Kier molecular flexibility index (Phi) is 6.51. The number of carbonyl (C=O) groups excluding carboxylic acids is 3. The molecule has 28 heavy (non-hydrogen) atoms. The Bertz CT molecular complexity index is 836. The van der Waals surface area contributed by atoms with Crippen LogP contribution in [0.5, 0.6) is 11.5 Å². The number of halogens is 1. The Balaban J connectivity index is 1.79. The molecular weight excluding hydrogens is 404 g/mol. The maximum atomic E-state index is 12.6. The van der Waals surface area contributed by atoms with Gasteiger partial charge in [0.25, 0.3) is 11.1 Å². The van der Waals surface area contributed by atoms with E-state index in [1.165, 1.54) is 7.11 Å². The summed E-state index contributed by atoms with van der Waals surface area (Å²) in [5.74, 6) is 0.176. The number of thioether (sulfide) groups is 1. The highest BCUT2D eigenvalue weighted by molar-refractivity contribution is 8.18. The van der Waals surface area contributed by atoms with Crippen LogP contribution in [0.3, 0.4) is 0 Å². The minimum absolute atomic E-state index is 0.202. The van der Waals surface area contributed by atoms with Gasteiger partial charge < -0.3 is 14.4 Å². The predicted molar refractivity (Wildman–Crippen MR) is 108 cm³/mol. The van der Waals surface area contributed by atoms with E-state index in [4.69, 9.17) is 21.1 Å². The summed E-state index contributed by atoms with van der Waals surface area (Å²) < 4.78 is 10.8. The molecule has 1 aromatic carbocycles. The van der Waals surface area contributed by atoms with Crippen molar-refractivity contribution in [3.8, 4) is 11.5 Å². The maximum Gasteiger partial charge on any atom is 0.294 e. The van der Waals surface area contributed by atoms with Gasteiger partial charge in [-0.1, -0.05) is 11.6 Å². The number of rotatable bonds is 6. The molecular formula is C19H21ClN2O5S. The molecule has 2 aliphatic rings. The molecule has 2 aliphatic heterocycles. The summed E-state index contributed by atoms with van der Waals surface area (Å²) >= 11 is 7.07.